The molecule has 29 heavy (non-hydrogen) atoms. The Balaban J connectivity index is 1.67. The molecule has 142 valence electrons. The van der Waals surface area contributed by atoms with Crippen LogP contribution in [0.3, 0.4) is 0 Å². The van der Waals surface area contributed by atoms with Gasteiger partial charge in [0.25, 0.3) is 11.8 Å². The normalized spacial score (nSPS) is 10.5. The zero-order chi connectivity index (χ0) is 20.4. The van der Waals surface area contributed by atoms with Crippen molar-refractivity contribution in [3.63, 3.8) is 0 Å². The molecule has 0 unspecified atom stereocenters. The van der Waals surface area contributed by atoms with Crippen molar-refractivity contribution in [1.29, 1.82) is 5.26 Å². The Kier molecular flexibility index (Phi) is 4.50. The molecule has 0 radical (unpaired) electrons. The minimum atomic E-state index is -0.537. The lowest BCUT2D eigenvalue weighted by Gasteiger charge is -2.03. The van der Waals surface area contributed by atoms with E-state index in [0.29, 0.717) is 22.5 Å². The molecule has 3 aromatic heterocycles. The maximum absolute atomic E-state index is 12.8. The average molecular weight is 386 g/mol. The highest BCUT2D eigenvalue weighted by Crippen LogP contribution is 2.18. The van der Waals surface area contributed by atoms with Gasteiger partial charge in [-0.1, -0.05) is 17.3 Å². The summed E-state index contributed by atoms with van der Waals surface area (Å²) in [5, 5.41) is 18.0. The van der Waals surface area contributed by atoms with Crippen LogP contribution in [0, 0.1) is 18.3 Å². The van der Waals surface area contributed by atoms with E-state index in [0.717, 1.165) is 0 Å². The van der Waals surface area contributed by atoms with Gasteiger partial charge < -0.3 is 15.2 Å². The second-order valence-electron chi connectivity index (χ2n) is 6.16. The summed E-state index contributed by atoms with van der Waals surface area (Å²) in [5.41, 5.74) is 1.41. The SMILES string of the molecule is Cc1cc(NC(=O)c2nc(C(=O)Nc3cccc(C#N)c3)c3ccccn23)no1. The third-order valence-electron chi connectivity index (χ3n) is 4.09. The van der Waals surface area contributed by atoms with E-state index in [4.69, 9.17) is 9.78 Å². The first-order chi connectivity index (χ1) is 14.0. The lowest BCUT2D eigenvalue weighted by atomic mass is 10.2. The molecule has 0 bridgehead atoms. The first-order valence-corrected chi connectivity index (χ1v) is 8.58. The highest BCUT2D eigenvalue weighted by molar-refractivity contribution is 6.10. The summed E-state index contributed by atoms with van der Waals surface area (Å²) < 4.78 is 6.46. The fourth-order valence-electron chi connectivity index (χ4n) is 2.82. The van der Waals surface area contributed by atoms with Crippen molar-refractivity contribution < 1.29 is 14.1 Å². The van der Waals surface area contributed by atoms with Crippen LogP contribution in [0.1, 0.15) is 32.4 Å². The summed E-state index contributed by atoms with van der Waals surface area (Å²) in [7, 11) is 0. The molecule has 4 rings (SSSR count). The predicted octanol–water partition coefficient (Wildman–Crippen LogP) is 3.01. The molecule has 4 aromatic rings. The fourth-order valence-corrected chi connectivity index (χ4v) is 2.82. The zero-order valence-electron chi connectivity index (χ0n) is 15.2. The van der Waals surface area contributed by atoms with Crippen LogP contribution < -0.4 is 10.6 Å². The van der Waals surface area contributed by atoms with Gasteiger partial charge in [0.15, 0.2) is 11.5 Å². The number of benzene rings is 1. The van der Waals surface area contributed by atoms with Gasteiger partial charge in [-0.15, -0.1) is 0 Å². The minimum Gasteiger partial charge on any atom is -0.360 e. The summed E-state index contributed by atoms with van der Waals surface area (Å²) >= 11 is 0. The van der Waals surface area contributed by atoms with E-state index in [1.807, 2.05) is 6.07 Å². The number of carbonyl (C=O) groups excluding carboxylic acids is 2. The molecule has 2 N–H and O–H groups in total. The molecule has 0 saturated heterocycles. The van der Waals surface area contributed by atoms with Gasteiger partial charge in [-0.2, -0.15) is 5.26 Å². The molecule has 0 fully saturated rings. The number of rotatable bonds is 4. The number of imidazole rings is 1. The number of hydrogen-bond donors (Lipinski definition) is 2. The van der Waals surface area contributed by atoms with E-state index in [-0.39, 0.29) is 17.3 Å². The van der Waals surface area contributed by atoms with Gasteiger partial charge in [-0.3, -0.25) is 14.0 Å². The quantitative estimate of drug-likeness (QED) is 0.555. The molecule has 0 spiro atoms. The number of aromatic nitrogens is 3. The molecule has 0 aliphatic carbocycles. The number of pyridine rings is 1. The summed E-state index contributed by atoms with van der Waals surface area (Å²) in [6, 6.07) is 15.3. The Morgan fingerprint density at radius 3 is 2.72 bits per heavy atom. The second-order valence-corrected chi connectivity index (χ2v) is 6.16. The maximum Gasteiger partial charge on any atom is 0.293 e. The van der Waals surface area contributed by atoms with Crippen LogP contribution in [0.2, 0.25) is 0 Å². The summed E-state index contributed by atoms with van der Waals surface area (Å²) in [5.74, 6) is -0.213. The van der Waals surface area contributed by atoms with Crippen LogP contribution in [0.25, 0.3) is 5.52 Å². The molecule has 0 atom stereocenters. The number of amides is 2. The Morgan fingerprint density at radius 2 is 1.97 bits per heavy atom. The molecule has 0 saturated carbocycles. The lowest BCUT2D eigenvalue weighted by molar-refractivity contribution is 0.101. The summed E-state index contributed by atoms with van der Waals surface area (Å²) in [6.07, 6.45) is 1.64. The number of fused-ring (bicyclic) bond motifs is 1. The number of carbonyl (C=O) groups is 2. The summed E-state index contributed by atoms with van der Waals surface area (Å²) in [4.78, 5) is 29.7. The van der Waals surface area contributed by atoms with Gasteiger partial charge in [0, 0.05) is 18.0 Å². The van der Waals surface area contributed by atoms with Crippen LogP contribution in [0.15, 0.2) is 59.3 Å². The molecular formula is C20H14N6O3. The Hall–Kier alpha value is -4.45. The summed E-state index contributed by atoms with van der Waals surface area (Å²) in [6.45, 7) is 1.71. The molecule has 9 nitrogen and oxygen atoms in total. The van der Waals surface area contributed by atoms with Crippen molar-refractivity contribution in [1.82, 2.24) is 14.5 Å². The topological polar surface area (TPSA) is 125 Å². The number of nitrogens with zero attached hydrogens (tertiary/aromatic N) is 4. The minimum absolute atomic E-state index is 0.0252. The monoisotopic (exact) mass is 386 g/mol. The van der Waals surface area contributed by atoms with Gasteiger partial charge in [-0.25, -0.2) is 4.98 Å². The standard InChI is InChI=1S/C20H14N6O3/c1-12-9-16(25-29-12)23-20(28)18-24-17(15-7-2-3-8-26(15)18)19(27)22-14-6-4-5-13(10-14)11-21/h2-10H,1H3,(H,22,27)(H,23,25,28). The third-order valence-corrected chi connectivity index (χ3v) is 4.09. The van der Waals surface area contributed by atoms with Crippen molar-refractivity contribution in [3.05, 3.63) is 77.6 Å². The van der Waals surface area contributed by atoms with Crippen LogP contribution in [0.5, 0.6) is 0 Å². The smallest absolute Gasteiger partial charge is 0.293 e. The number of nitrogens with one attached hydrogen (secondary N) is 2. The van der Waals surface area contributed by atoms with E-state index in [9.17, 15) is 9.59 Å². The van der Waals surface area contributed by atoms with E-state index in [1.54, 1.807) is 61.7 Å². The number of aryl methyl sites for hydroxylation is 1. The largest absolute Gasteiger partial charge is 0.360 e. The number of hydrogen-bond acceptors (Lipinski definition) is 6. The van der Waals surface area contributed by atoms with Crippen molar-refractivity contribution in [3.8, 4) is 6.07 Å². The fraction of sp³-hybridized carbons (Fsp3) is 0.0500. The zero-order valence-corrected chi connectivity index (χ0v) is 15.2. The third kappa shape index (κ3) is 3.54. The Labute approximate surface area is 164 Å². The van der Waals surface area contributed by atoms with Gasteiger partial charge in [0.05, 0.1) is 17.1 Å². The first kappa shape index (κ1) is 17.9. The predicted molar refractivity (Wildman–Crippen MR) is 103 cm³/mol. The molecule has 3 heterocycles. The number of nitriles is 1. The Bertz CT molecular complexity index is 1280. The molecule has 0 aliphatic heterocycles. The molecule has 9 heteroatoms. The second kappa shape index (κ2) is 7.28. The van der Waals surface area contributed by atoms with Crippen molar-refractivity contribution in [2.45, 2.75) is 6.92 Å². The highest BCUT2D eigenvalue weighted by atomic mass is 16.5. The molecule has 1 aromatic carbocycles. The molecular weight excluding hydrogens is 372 g/mol. The van der Waals surface area contributed by atoms with Gasteiger partial charge >= 0.3 is 0 Å². The van der Waals surface area contributed by atoms with Gasteiger partial charge in [0.2, 0.25) is 5.82 Å². The van der Waals surface area contributed by atoms with Crippen LogP contribution >= 0.6 is 0 Å². The van der Waals surface area contributed by atoms with E-state index >= 15 is 0 Å². The van der Waals surface area contributed by atoms with Crippen molar-refractivity contribution >= 4 is 28.8 Å². The van der Waals surface area contributed by atoms with Crippen molar-refractivity contribution in [2.75, 3.05) is 10.6 Å². The van der Waals surface area contributed by atoms with E-state index < -0.39 is 11.8 Å². The van der Waals surface area contributed by atoms with Gasteiger partial charge in [-0.05, 0) is 37.3 Å². The molecule has 2 amide bonds. The van der Waals surface area contributed by atoms with Crippen LogP contribution in [-0.4, -0.2) is 26.4 Å². The molecule has 0 aliphatic rings. The van der Waals surface area contributed by atoms with Crippen LogP contribution in [0.4, 0.5) is 11.5 Å². The van der Waals surface area contributed by atoms with Crippen molar-refractivity contribution in [2.24, 2.45) is 0 Å². The van der Waals surface area contributed by atoms with Crippen LogP contribution in [-0.2, 0) is 0 Å². The maximum atomic E-state index is 12.8. The first-order valence-electron chi connectivity index (χ1n) is 8.58. The average Bonchev–Trinajstić information content (AvgIpc) is 3.31. The van der Waals surface area contributed by atoms with E-state index in [1.165, 1.54) is 4.40 Å². The van der Waals surface area contributed by atoms with Gasteiger partial charge in [0.1, 0.15) is 5.76 Å². The lowest BCUT2D eigenvalue weighted by Crippen LogP contribution is -2.16. The van der Waals surface area contributed by atoms with E-state index in [2.05, 4.69) is 20.8 Å². The Morgan fingerprint density at radius 1 is 1.10 bits per heavy atom. The number of anilines is 2. The highest BCUT2D eigenvalue weighted by Gasteiger charge is 2.22.